The molecule has 6 amide bonds. The first kappa shape index (κ1) is 98.0. The number of hydrogen-bond donors (Lipinski definition) is 14. The van der Waals surface area contributed by atoms with Crippen molar-refractivity contribution in [3.63, 3.8) is 0 Å². The van der Waals surface area contributed by atoms with Crippen molar-refractivity contribution < 1.29 is 108 Å². The zero-order valence-corrected chi connectivity index (χ0v) is 77.9. The van der Waals surface area contributed by atoms with E-state index in [2.05, 4.69) is 31.9 Å². The summed E-state index contributed by atoms with van der Waals surface area (Å²) in [7, 11) is 0. The molecule has 0 unspecified atom stereocenters. The molecule has 12 aromatic carbocycles. The number of aromatic carboxylic acids is 6. The van der Waals surface area contributed by atoms with Gasteiger partial charge < -0.3 is 72.8 Å². The van der Waals surface area contributed by atoms with E-state index in [0.717, 1.165) is 35.3 Å². The topological polar surface area (TPSA) is 473 Å². The molecule has 0 atom stereocenters. The predicted molar refractivity (Wildman–Crippen MR) is 518 cm³/mol. The van der Waals surface area contributed by atoms with Crippen LogP contribution in [0.15, 0.2) is 255 Å². The van der Waals surface area contributed by atoms with Crippen LogP contribution in [-0.4, -0.2) is 124 Å². The maximum Gasteiger partial charge on any atom is 0.337 e. The van der Waals surface area contributed by atoms with E-state index in [-0.39, 0.29) is 86.8 Å². The average Bonchev–Trinajstić information content (AvgIpc) is 0.822. The fourth-order valence-corrected chi connectivity index (χ4v) is 15.4. The highest BCUT2D eigenvalue weighted by Crippen LogP contribution is 2.31. The molecule has 0 spiro atoms. The molecule has 34 heteroatoms. The molecule has 12 rings (SSSR count). The third-order valence-electron chi connectivity index (χ3n) is 17.3. The highest BCUT2D eigenvalue weighted by Gasteiger charge is 2.25. The van der Waals surface area contributed by atoms with Gasteiger partial charge in [0.2, 0.25) is 0 Å². The van der Waals surface area contributed by atoms with Gasteiger partial charge in [-0.1, -0.05) is 109 Å². The number of hydrogen-bond acceptors (Lipinski definition) is 14. The molecule has 0 heterocycles. The van der Waals surface area contributed by atoms with Crippen LogP contribution in [0.2, 0.25) is 0 Å². The van der Waals surface area contributed by atoms with Gasteiger partial charge in [-0.25, -0.2) is 28.8 Å². The third kappa shape index (κ3) is 28.8. The molecule has 0 saturated carbocycles. The van der Waals surface area contributed by atoms with E-state index < -0.39 is 83.2 Å². The Morgan fingerprint density at radius 1 is 0.200 bits per heavy atom. The Morgan fingerprint density at radius 3 is 0.432 bits per heavy atom. The SMILES string of the molecule is CC(=O)O.CC(=O)O.O=C(Nc1ccc(Cc2ccc(NC(=O)c3ccccc3I)c(C(=O)O)c2)cc1C(=O)O)c1ccccc1I.O=C(Nc1ccc(Cc2ccc(NC(=O)c3ccccc3I)c(C(=O)O)c2)cc1C(=O)O)c1ccccc1I.O=C(Nc1ccc(Cc2ccc(NC(=O)c3ccccc3I)c(C(=O)O)c2)cc1C(=O)O)c1ccccc1I. The van der Waals surface area contributed by atoms with Crippen LogP contribution in [-0.2, 0) is 28.9 Å². The molecular formula is C91H68I6N6O22. The number of carbonyl (C=O) groups excluding carboxylic acids is 6. The minimum absolute atomic E-state index is 0.0911. The number of rotatable bonds is 24. The zero-order chi connectivity index (χ0) is 91.5. The van der Waals surface area contributed by atoms with Crippen molar-refractivity contribution in [1.29, 1.82) is 0 Å². The Morgan fingerprint density at radius 2 is 0.320 bits per heavy atom. The molecule has 0 fully saturated rings. The van der Waals surface area contributed by atoms with Gasteiger partial charge in [0.05, 0.1) is 101 Å². The standard InChI is InChI=1S/3C29H20I2N2O6.2C2H4O2/c3*30-22-7-3-1-5-18(22)26(34)32-24-11-9-16(14-20(24)28(36)37)13-17-10-12-25(21(15-17)29(38)39)33-27(35)19-6-2-4-8-23(19)31;2*1-2(3)4/h3*1-12,14-15H,13H2,(H,32,34)(H,33,35)(H,36,37)(H,38,39);2*1H3,(H,3,4). The predicted octanol–water partition coefficient (Wildman–Crippen LogP) is 19.3. The third-order valence-corrected chi connectivity index (χ3v) is 23.0. The first-order valence-corrected chi connectivity index (χ1v) is 42.8. The Bertz CT molecular complexity index is 5290. The van der Waals surface area contributed by atoms with Crippen LogP contribution < -0.4 is 31.9 Å². The lowest BCUT2D eigenvalue weighted by Crippen LogP contribution is -2.16. The first-order chi connectivity index (χ1) is 59.4. The number of halogens is 6. The highest BCUT2D eigenvalue weighted by molar-refractivity contribution is 14.1. The molecule has 0 aliphatic carbocycles. The van der Waals surface area contributed by atoms with Gasteiger partial charge in [-0.15, -0.1) is 0 Å². The Labute approximate surface area is 794 Å². The summed E-state index contributed by atoms with van der Waals surface area (Å²) in [5, 5.41) is 89.5. The monoisotopic (exact) mass is 2360 g/mol. The smallest absolute Gasteiger partial charge is 0.337 e. The summed E-state index contributed by atoms with van der Waals surface area (Å²) in [5.74, 6) is -11.5. The van der Waals surface area contributed by atoms with Crippen molar-refractivity contribution in [1.82, 2.24) is 0 Å². The van der Waals surface area contributed by atoms with Gasteiger partial charge in [-0.05, 0) is 334 Å². The Kier molecular flexibility index (Phi) is 36.8. The lowest BCUT2D eigenvalue weighted by atomic mass is 9.99. The Balaban J connectivity index is 0.000000222. The number of anilines is 6. The fraction of sp³-hybridized carbons (Fsp3) is 0.0549. The van der Waals surface area contributed by atoms with Gasteiger partial charge in [0, 0.05) is 35.3 Å². The Hall–Kier alpha value is -12.4. The summed E-state index contributed by atoms with van der Waals surface area (Å²) in [6.07, 6.45) is 0.697. The quantitative estimate of drug-likeness (QED) is 0.0250. The second-order valence-corrected chi connectivity index (χ2v) is 33.3. The second-order valence-electron chi connectivity index (χ2n) is 26.3. The molecule has 125 heavy (non-hydrogen) atoms. The van der Waals surface area contributed by atoms with Gasteiger partial charge >= 0.3 is 35.8 Å². The van der Waals surface area contributed by atoms with Gasteiger partial charge in [-0.3, -0.25) is 38.4 Å². The van der Waals surface area contributed by atoms with Crippen molar-refractivity contribution in [2.24, 2.45) is 0 Å². The van der Waals surface area contributed by atoms with Gasteiger partial charge in [0.15, 0.2) is 0 Å². The maximum absolute atomic E-state index is 12.7. The van der Waals surface area contributed by atoms with Crippen LogP contribution in [0.5, 0.6) is 0 Å². The van der Waals surface area contributed by atoms with Crippen LogP contribution in [0.4, 0.5) is 34.1 Å². The summed E-state index contributed by atoms with van der Waals surface area (Å²) in [4.78, 5) is 166. The normalized spacial score (nSPS) is 10.2. The van der Waals surface area contributed by atoms with Crippen LogP contribution in [0.3, 0.4) is 0 Å². The molecule has 0 radical (unpaired) electrons. The summed E-state index contributed by atoms with van der Waals surface area (Å²) in [6, 6.07) is 69.5. The van der Waals surface area contributed by atoms with Crippen LogP contribution >= 0.6 is 136 Å². The minimum Gasteiger partial charge on any atom is -0.481 e. The maximum atomic E-state index is 12.7. The van der Waals surface area contributed by atoms with Gasteiger partial charge in [0.25, 0.3) is 47.4 Å². The molecule has 0 aliphatic heterocycles. The first-order valence-electron chi connectivity index (χ1n) is 36.3. The van der Waals surface area contributed by atoms with Crippen LogP contribution in [0, 0.1) is 21.4 Å². The van der Waals surface area contributed by atoms with Crippen LogP contribution in [0.1, 0.15) is 172 Å². The molecule has 14 N–H and O–H groups in total. The van der Waals surface area contributed by atoms with Crippen molar-refractivity contribution in [3.8, 4) is 0 Å². The highest BCUT2D eigenvalue weighted by atomic mass is 127. The average molecular weight is 2360 g/mol. The van der Waals surface area contributed by atoms with Gasteiger partial charge in [-0.2, -0.15) is 0 Å². The number of nitrogens with one attached hydrogen (secondary N) is 6. The summed E-state index contributed by atoms with van der Waals surface area (Å²) >= 11 is 12.2. The van der Waals surface area contributed by atoms with Crippen molar-refractivity contribution in [3.05, 3.63) is 376 Å². The molecule has 28 nitrogen and oxygen atoms in total. The van der Waals surface area contributed by atoms with Crippen LogP contribution in [0.25, 0.3) is 0 Å². The van der Waals surface area contributed by atoms with E-state index in [1.807, 2.05) is 136 Å². The molecule has 0 saturated heterocycles. The lowest BCUT2D eigenvalue weighted by Gasteiger charge is -2.13. The van der Waals surface area contributed by atoms with E-state index >= 15 is 0 Å². The number of carboxylic acids is 8. The molecule has 0 aliphatic rings. The number of benzene rings is 12. The second kappa shape index (κ2) is 46.9. The molecular weight excluding hydrogens is 2290 g/mol. The van der Waals surface area contributed by atoms with E-state index in [0.29, 0.717) is 66.8 Å². The van der Waals surface area contributed by atoms with Crippen molar-refractivity contribution >= 4 is 253 Å². The number of amides is 6. The zero-order valence-electron chi connectivity index (χ0n) is 64.9. The van der Waals surface area contributed by atoms with Crippen molar-refractivity contribution in [2.75, 3.05) is 31.9 Å². The largest absolute Gasteiger partial charge is 0.481 e. The fourth-order valence-electron chi connectivity index (χ4n) is 11.6. The van der Waals surface area contributed by atoms with Crippen molar-refractivity contribution in [2.45, 2.75) is 33.1 Å². The summed E-state index contributed by atoms with van der Waals surface area (Å²) in [5.41, 5.74) is 6.52. The minimum atomic E-state index is -1.21. The van der Waals surface area contributed by atoms with E-state index in [1.54, 1.807) is 182 Å². The van der Waals surface area contributed by atoms with E-state index in [1.165, 1.54) is 72.8 Å². The number of carbonyl (C=O) groups is 14. The molecule has 12 aromatic rings. The lowest BCUT2D eigenvalue weighted by molar-refractivity contribution is -0.135. The van der Waals surface area contributed by atoms with E-state index in [9.17, 15) is 88.2 Å². The molecule has 636 valence electrons. The summed E-state index contributed by atoms with van der Waals surface area (Å²) in [6.45, 7) is 2.17. The summed E-state index contributed by atoms with van der Waals surface area (Å²) < 4.78 is 4.38. The van der Waals surface area contributed by atoms with Gasteiger partial charge in [0.1, 0.15) is 0 Å². The number of aliphatic carboxylic acids is 2. The molecule has 0 aromatic heterocycles. The molecule has 0 bridgehead atoms. The van der Waals surface area contributed by atoms with E-state index in [4.69, 9.17) is 19.8 Å². The number of carboxylic acid groups (broad SMARTS) is 8.